The van der Waals surface area contributed by atoms with Crippen LogP contribution < -0.4 is 5.32 Å². The summed E-state index contributed by atoms with van der Waals surface area (Å²) in [5, 5.41) is 3.76. The van der Waals surface area contributed by atoms with E-state index in [1.165, 1.54) is 0 Å². The molecule has 1 saturated heterocycles. The number of likely N-dealkylation sites (tertiary alicyclic amines) is 1. The van der Waals surface area contributed by atoms with Gasteiger partial charge in [-0.15, -0.1) is 0 Å². The lowest BCUT2D eigenvalue weighted by Gasteiger charge is -2.12. The molecule has 0 saturated carbocycles. The number of nitrogens with zero attached hydrogens (tertiary/aromatic N) is 1. The summed E-state index contributed by atoms with van der Waals surface area (Å²) in [7, 11) is 2.07. The molecule has 1 atom stereocenters. The predicted octanol–water partition coefficient (Wildman–Crippen LogP) is 1.70. The number of benzene rings is 1. The molecule has 92 valence electrons. The van der Waals surface area contributed by atoms with Crippen LogP contribution in [0.1, 0.15) is 12.0 Å². The lowest BCUT2D eigenvalue weighted by atomic mass is 10.1. The Morgan fingerprint density at radius 2 is 2.18 bits per heavy atom. The van der Waals surface area contributed by atoms with Crippen molar-refractivity contribution in [2.75, 3.05) is 20.1 Å². The van der Waals surface area contributed by atoms with E-state index >= 15 is 0 Å². The lowest BCUT2D eigenvalue weighted by molar-refractivity contribution is -0.121. The Bertz CT molecular complexity index is 391. The van der Waals surface area contributed by atoms with Crippen LogP contribution in [0.25, 0.3) is 0 Å². The number of hydrogen-bond donors (Lipinski definition) is 1. The summed E-state index contributed by atoms with van der Waals surface area (Å²) in [6.07, 6.45) is 1.47. The Balaban J connectivity index is 1.83. The molecule has 0 aromatic heterocycles. The molecule has 2 rings (SSSR count). The quantitative estimate of drug-likeness (QED) is 0.888. The van der Waals surface area contributed by atoms with Gasteiger partial charge in [-0.2, -0.15) is 0 Å². The zero-order valence-corrected chi connectivity index (χ0v) is 10.7. The molecule has 17 heavy (non-hydrogen) atoms. The number of nitrogens with one attached hydrogen (secondary N) is 1. The second-order valence-electron chi connectivity index (χ2n) is 4.62. The Kier molecular flexibility index (Phi) is 4.02. The van der Waals surface area contributed by atoms with Crippen LogP contribution in [0.5, 0.6) is 0 Å². The molecule has 1 fully saturated rings. The third-order valence-electron chi connectivity index (χ3n) is 3.03. The summed E-state index contributed by atoms with van der Waals surface area (Å²) in [5.74, 6) is 0.0904. The maximum Gasteiger partial charge on any atom is 0.224 e. The first kappa shape index (κ1) is 12.4. The number of carbonyl (C=O) groups is 1. The van der Waals surface area contributed by atoms with Crippen LogP contribution in [0.15, 0.2) is 24.3 Å². The molecule has 0 bridgehead atoms. The average Bonchev–Trinajstić information content (AvgIpc) is 2.67. The summed E-state index contributed by atoms with van der Waals surface area (Å²) in [5.41, 5.74) is 0.998. The summed E-state index contributed by atoms with van der Waals surface area (Å²) < 4.78 is 0. The van der Waals surface area contributed by atoms with Gasteiger partial charge in [0, 0.05) is 17.6 Å². The molecule has 1 amide bonds. The molecule has 3 nitrogen and oxygen atoms in total. The number of rotatable bonds is 3. The highest BCUT2D eigenvalue weighted by Gasteiger charge is 2.20. The van der Waals surface area contributed by atoms with Crippen molar-refractivity contribution in [3.05, 3.63) is 34.9 Å². The fraction of sp³-hybridized carbons (Fsp3) is 0.462. The van der Waals surface area contributed by atoms with Gasteiger partial charge in [-0.25, -0.2) is 0 Å². The SMILES string of the molecule is CN1CCC(NC(=O)Cc2ccc(Cl)cc2)C1. The fourth-order valence-corrected chi connectivity index (χ4v) is 2.25. The zero-order valence-electron chi connectivity index (χ0n) is 9.95. The van der Waals surface area contributed by atoms with Crippen molar-refractivity contribution in [3.8, 4) is 0 Å². The van der Waals surface area contributed by atoms with E-state index in [2.05, 4.69) is 17.3 Å². The van der Waals surface area contributed by atoms with Gasteiger partial charge in [0.2, 0.25) is 5.91 Å². The number of halogens is 1. The van der Waals surface area contributed by atoms with Gasteiger partial charge in [0.25, 0.3) is 0 Å². The van der Waals surface area contributed by atoms with E-state index in [1.807, 2.05) is 24.3 Å². The number of likely N-dealkylation sites (N-methyl/N-ethyl adjacent to an activating group) is 1. The van der Waals surface area contributed by atoms with E-state index < -0.39 is 0 Å². The van der Waals surface area contributed by atoms with Crippen LogP contribution >= 0.6 is 11.6 Å². The second kappa shape index (κ2) is 5.52. The standard InChI is InChI=1S/C13H17ClN2O/c1-16-7-6-12(9-16)15-13(17)8-10-2-4-11(14)5-3-10/h2-5,12H,6-9H2,1H3,(H,15,17). The molecule has 1 aliphatic heterocycles. The van der Waals surface area contributed by atoms with E-state index in [-0.39, 0.29) is 5.91 Å². The Morgan fingerprint density at radius 1 is 1.47 bits per heavy atom. The maximum atomic E-state index is 11.8. The molecule has 1 N–H and O–H groups in total. The highest BCUT2D eigenvalue weighted by molar-refractivity contribution is 6.30. The normalized spacial score (nSPS) is 20.5. The van der Waals surface area contributed by atoms with E-state index in [1.54, 1.807) is 0 Å². The second-order valence-corrected chi connectivity index (χ2v) is 5.06. The Morgan fingerprint density at radius 3 is 2.76 bits per heavy atom. The highest BCUT2D eigenvalue weighted by atomic mass is 35.5. The van der Waals surface area contributed by atoms with Crippen molar-refractivity contribution in [2.45, 2.75) is 18.9 Å². The van der Waals surface area contributed by atoms with Gasteiger partial charge >= 0.3 is 0 Å². The minimum atomic E-state index is 0.0904. The number of hydrogen-bond acceptors (Lipinski definition) is 2. The summed E-state index contributed by atoms with van der Waals surface area (Å²) in [4.78, 5) is 14.0. The first-order valence-electron chi connectivity index (χ1n) is 5.86. The van der Waals surface area contributed by atoms with Gasteiger partial charge in [-0.1, -0.05) is 23.7 Å². The van der Waals surface area contributed by atoms with Crippen LogP contribution in [-0.4, -0.2) is 37.0 Å². The molecule has 1 aliphatic rings. The first-order chi connectivity index (χ1) is 8.13. The van der Waals surface area contributed by atoms with E-state index in [4.69, 9.17) is 11.6 Å². The zero-order chi connectivity index (χ0) is 12.3. The van der Waals surface area contributed by atoms with Crippen molar-refractivity contribution in [2.24, 2.45) is 0 Å². The molecule has 1 aromatic carbocycles. The van der Waals surface area contributed by atoms with Gasteiger partial charge < -0.3 is 10.2 Å². The van der Waals surface area contributed by atoms with Gasteiger partial charge in [0.15, 0.2) is 0 Å². The number of amides is 1. The molecule has 0 aliphatic carbocycles. The average molecular weight is 253 g/mol. The molecule has 0 spiro atoms. The molecular formula is C13H17ClN2O. The van der Waals surface area contributed by atoms with Gasteiger partial charge in [0.1, 0.15) is 0 Å². The topological polar surface area (TPSA) is 32.3 Å². The largest absolute Gasteiger partial charge is 0.352 e. The smallest absolute Gasteiger partial charge is 0.224 e. The van der Waals surface area contributed by atoms with Gasteiger partial charge in [0.05, 0.1) is 6.42 Å². The summed E-state index contributed by atoms with van der Waals surface area (Å²) in [6.45, 7) is 2.01. The Hall–Kier alpha value is -1.06. The van der Waals surface area contributed by atoms with Crippen molar-refractivity contribution < 1.29 is 4.79 Å². The lowest BCUT2D eigenvalue weighted by Crippen LogP contribution is -2.37. The van der Waals surface area contributed by atoms with Gasteiger partial charge in [-0.3, -0.25) is 4.79 Å². The maximum absolute atomic E-state index is 11.8. The third-order valence-corrected chi connectivity index (χ3v) is 3.29. The Labute approximate surface area is 107 Å². The molecule has 1 unspecified atom stereocenters. The van der Waals surface area contributed by atoms with Crippen molar-refractivity contribution in [1.29, 1.82) is 0 Å². The minimum absolute atomic E-state index is 0.0904. The molecular weight excluding hydrogens is 236 g/mol. The van der Waals surface area contributed by atoms with E-state index in [0.29, 0.717) is 17.5 Å². The van der Waals surface area contributed by atoms with Crippen LogP contribution in [0, 0.1) is 0 Å². The molecule has 1 aromatic rings. The van der Waals surface area contributed by atoms with Gasteiger partial charge in [-0.05, 0) is 37.7 Å². The van der Waals surface area contributed by atoms with Crippen molar-refractivity contribution in [3.63, 3.8) is 0 Å². The number of carbonyl (C=O) groups excluding carboxylic acids is 1. The highest BCUT2D eigenvalue weighted by Crippen LogP contribution is 2.11. The van der Waals surface area contributed by atoms with Crippen molar-refractivity contribution >= 4 is 17.5 Å². The molecule has 0 radical (unpaired) electrons. The van der Waals surface area contributed by atoms with Crippen LogP contribution in [0.2, 0.25) is 5.02 Å². The summed E-state index contributed by atoms with van der Waals surface area (Å²) in [6, 6.07) is 7.71. The van der Waals surface area contributed by atoms with Crippen LogP contribution in [0.3, 0.4) is 0 Å². The van der Waals surface area contributed by atoms with E-state index in [0.717, 1.165) is 25.1 Å². The van der Waals surface area contributed by atoms with Crippen molar-refractivity contribution in [1.82, 2.24) is 10.2 Å². The monoisotopic (exact) mass is 252 g/mol. The summed E-state index contributed by atoms with van der Waals surface area (Å²) >= 11 is 5.80. The predicted molar refractivity (Wildman–Crippen MR) is 69.2 cm³/mol. The molecule has 4 heteroatoms. The molecule has 1 heterocycles. The first-order valence-corrected chi connectivity index (χ1v) is 6.23. The van der Waals surface area contributed by atoms with Crippen LogP contribution in [-0.2, 0) is 11.2 Å². The van der Waals surface area contributed by atoms with Crippen LogP contribution in [0.4, 0.5) is 0 Å². The van der Waals surface area contributed by atoms with E-state index in [9.17, 15) is 4.79 Å². The fourth-order valence-electron chi connectivity index (χ4n) is 2.12. The minimum Gasteiger partial charge on any atom is -0.352 e. The third kappa shape index (κ3) is 3.72.